The van der Waals surface area contributed by atoms with Crippen molar-refractivity contribution in [1.82, 2.24) is 0 Å². The number of esters is 1. The van der Waals surface area contributed by atoms with E-state index < -0.39 is 27.2 Å². The molecular formula is C15H16N2O6. The number of hydrogen-bond acceptors (Lipinski definition) is 6. The van der Waals surface area contributed by atoms with Gasteiger partial charge in [-0.3, -0.25) is 20.2 Å². The minimum atomic E-state index is -0.761. The number of hydrogen-bond donors (Lipinski definition) is 0. The van der Waals surface area contributed by atoms with Crippen molar-refractivity contribution in [2.75, 3.05) is 0 Å². The zero-order valence-electron chi connectivity index (χ0n) is 12.6. The summed E-state index contributed by atoms with van der Waals surface area (Å²) in [5, 5.41) is 21.8. The summed E-state index contributed by atoms with van der Waals surface area (Å²) in [5.74, 6) is -0.187. The number of carbonyl (C=O) groups is 1. The number of fused-ring (bicyclic) bond motifs is 2. The van der Waals surface area contributed by atoms with E-state index in [0.29, 0.717) is 5.92 Å². The molecule has 2 fully saturated rings. The van der Waals surface area contributed by atoms with Crippen LogP contribution in [0.4, 0.5) is 11.4 Å². The molecule has 0 heterocycles. The highest BCUT2D eigenvalue weighted by Gasteiger charge is 2.50. The van der Waals surface area contributed by atoms with Gasteiger partial charge in [0.05, 0.1) is 21.5 Å². The van der Waals surface area contributed by atoms with Crippen LogP contribution in [0.3, 0.4) is 0 Å². The summed E-state index contributed by atoms with van der Waals surface area (Å²) in [4.78, 5) is 32.5. The van der Waals surface area contributed by atoms with Crippen molar-refractivity contribution in [3.63, 3.8) is 0 Å². The predicted molar refractivity (Wildman–Crippen MR) is 79.0 cm³/mol. The zero-order valence-corrected chi connectivity index (χ0v) is 12.6. The number of nitro groups is 2. The lowest BCUT2D eigenvalue weighted by atomic mass is 9.84. The number of benzene rings is 1. The van der Waals surface area contributed by atoms with Gasteiger partial charge < -0.3 is 4.74 Å². The summed E-state index contributed by atoms with van der Waals surface area (Å²) >= 11 is 0. The molecule has 0 N–H and O–H groups in total. The molecule has 2 saturated carbocycles. The minimum absolute atomic E-state index is 0.0486. The van der Waals surface area contributed by atoms with Gasteiger partial charge in [0, 0.05) is 17.5 Å². The Labute approximate surface area is 131 Å². The first-order valence-corrected chi connectivity index (χ1v) is 7.43. The molecule has 2 aliphatic rings. The SMILES string of the molecule is C[C@@]12CC[C@@H](C[C@H]1OC(=O)c1cc([N+](=O)[O-])cc([N+](=O)[O-])c1)C2. The lowest BCUT2D eigenvalue weighted by Crippen LogP contribution is -2.32. The lowest BCUT2D eigenvalue weighted by molar-refractivity contribution is -0.394. The zero-order chi connectivity index (χ0) is 16.8. The molecule has 0 radical (unpaired) electrons. The first-order valence-electron chi connectivity index (χ1n) is 7.43. The maximum absolute atomic E-state index is 12.3. The summed E-state index contributed by atoms with van der Waals surface area (Å²) in [6, 6.07) is 2.87. The van der Waals surface area contributed by atoms with Crippen LogP contribution < -0.4 is 0 Å². The molecule has 0 amide bonds. The van der Waals surface area contributed by atoms with Gasteiger partial charge in [0.1, 0.15) is 6.10 Å². The normalized spacial score (nSPS) is 28.6. The average molecular weight is 320 g/mol. The third kappa shape index (κ3) is 2.76. The fraction of sp³-hybridized carbons (Fsp3) is 0.533. The summed E-state index contributed by atoms with van der Waals surface area (Å²) in [5.41, 5.74) is -1.19. The Morgan fingerprint density at radius 3 is 2.26 bits per heavy atom. The van der Waals surface area contributed by atoms with E-state index in [-0.39, 0.29) is 17.1 Å². The molecule has 0 unspecified atom stereocenters. The third-order valence-corrected chi connectivity index (χ3v) is 5.01. The second-order valence-corrected chi connectivity index (χ2v) is 6.64. The van der Waals surface area contributed by atoms with Crippen LogP contribution in [0.2, 0.25) is 0 Å². The van der Waals surface area contributed by atoms with Crippen LogP contribution in [0.1, 0.15) is 43.0 Å². The second-order valence-electron chi connectivity index (χ2n) is 6.64. The monoisotopic (exact) mass is 320 g/mol. The maximum Gasteiger partial charge on any atom is 0.338 e. The fourth-order valence-electron chi connectivity index (χ4n) is 3.79. The Morgan fingerprint density at radius 2 is 1.83 bits per heavy atom. The van der Waals surface area contributed by atoms with E-state index in [0.717, 1.165) is 43.9 Å². The first kappa shape index (κ1) is 15.4. The van der Waals surface area contributed by atoms with Gasteiger partial charge in [-0.15, -0.1) is 0 Å². The Kier molecular flexibility index (Phi) is 3.54. The van der Waals surface area contributed by atoms with Gasteiger partial charge in [-0.2, -0.15) is 0 Å². The molecule has 2 bridgehead atoms. The molecular weight excluding hydrogens is 304 g/mol. The topological polar surface area (TPSA) is 113 Å². The fourth-order valence-corrected chi connectivity index (χ4v) is 3.79. The molecule has 0 aromatic heterocycles. The largest absolute Gasteiger partial charge is 0.458 e. The third-order valence-electron chi connectivity index (χ3n) is 5.01. The van der Waals surface area contributed by atoms with Crippen molar-refractivity contribution >= 4 is 17.3 Å². The van der Waals surface area contributed by atoms with Crippen molar-refractivity contribution in [2.24, 2.45) is 11.3 Å². The van der Waals surface area contributed by atoms with E-state index in [4.69, 9.17) is 4.74 Å². The smallest absolute Gasteiger partial charge is 0.338 e. The van der Waals surface area contributed by atoms with E-state index >= 15 is 0 Å². The molecule has 3 rings (SSSR count). The van der Waals surface area contributed by atoms with Gasteiger partial charge in [-0.1, -0.05) is 6.92 Å². The van der Waals surface area contributed by atoms with Crippen LogP contribution >= 0.6 is 0 Å². The number of nitro benzene ring substituents is 2. The maximum atomic E-state index is 12.3. The van der Waals surface area contributed by atoms with Crippen LogP contribution in [-0.4, -0.2) is 21.9 Å². The molecule has 0 aliphatic heterocycles. The van der Waals surface area contributed by atoms with E-state index in [1.807, 2.05) is 0 Å². The summed E-state index contributed by atoms with van der Waals surface area (Å²) in [7, 11) is 0. The number of non-ortho nitro benzene ring substituents is 2. The van der Waals surface area contributed by atoms with Gasteiger partial charge >= 0.3 is 5.97 Å². The Balaban J connectivity index is 1.84. The molecule has 8 nitrogen and oxygen atoms in total. The van der Waals surface area contributed by atoms with Gasteiger partial charge in [0.15, 0.2) is 0 Å². The van der Waals surface area contributed by atoms with Gasteiger partial charge in [0.2, 0.25) is 0 Å². The van der Waals surface area contributed by atoms with Crippen molar-refractivity contribution in [3.8, 4) is 0 Å². The molecule has 122 valence electrons. The van der Waals surface area contributed by atoms with Crippen LogP contribution in [-0.2, 0) is 4.74 Å². The van der Waals surface area contributed by atoms with Gasteiger partial charge in [-0.05, 0) is 31.6 Å². The predicted octanol–water partition coefficient (Wildman–Crippen LogP) is 3.24. The van der Waals surface area contributed by atoms with Crippen molar-refractivity contribution < 1.29 is 19.4 Å². The second kappa shape index (κ2) is 5.29. The Hall–Kier alpha value is -2.51. The Bertz CT molecular complexity index is 671. The summed E-state index contributed by atoms with van der Waals surface area (Å²) in [6.07, 6.45) is 3.70. The lowest BCUT2D eigenvalue weighted by Gasteiger charge is -2.30. The van der Waals surface area contributed by atoms with E-state index in [9.17, 15) is 25.0 Å². The standard InChI is InChI=1S/C15H16N2O6/c1-15-3-2-9(8-15)4-13(15)23-14(18)10-5-11(16(19)20)7-12(6-10)17(21)22/h5-7,9,13H,2-4,8H2,1H3/t9-,13+,15-/m0/s1. The molecule has 2 aliphatic carbocycles. The molecule has 0 spiro atoms. The number of rotatable bonds is 4. The number of ether oxygens (including phenoxy) is 1. The van der Waals surface area contributed by atoms with Crippen LogP contribution in [0.15, 0.2) is 18.2 Å². The quantitative estimate of drug-likeness (QED) is 0.478. The summed E-state index contributed by atoms with van der Waals surface area (Å²) in [6.45, 7) is 2.08. The molecule has 23 heavy (non-hydrogen) atoms. The van der Waals surface area contributed by atoms with E-state index in [1.54, 1.807) is 0 Å². The highest BCUT2D eigenvalue weighted by Crippen LogP contribution is 2.55. The van der Waals surface area contributed by atoms with Gasteiger partial charge in [0.25, 0.3) is 11.4 Å². The van der Waals surface area contributed by atoms with Crippen LogP contribution in [0, 0.1) is 31.6 Å². The minimum Gasteiger partial charge on any atom is -0.458 e. The number of nitrogens with zero attached hydrogens (tertiary/aromatic N) is 2. The van der Waals surface area contributed by atoms with Gasteiger partial charge in [-0.25, -0.2) is 4.79 Å². The summed E-state index contributed by atoms with van der Waals surface area (Å²) < 4.78 is 5.52. The Morgan fingerprint density at radius 1 is 1.22 bits per heavy atom. The van der Waals surface area contributed by atoms with Crippen LogP contribution in [0.25, 0.3) is 0 Å². The average Bonchev–Trinajstić information content (AvgIpc) is 3.01. The molecule has 8 heteroatoms. The van der Waals surface area contributed by atoms with Crippen molar-refractivity contribution in [3.05, 3.63) is 44.0 Å². The highest BCUT2D eigenvalue weighted by atomic mass is 16.6. The number of carbonyl (C=O) groups excluding carboxylic acids is 1. The van der Waals surface area contributed by atoms with Crippen molar-refractivity contribution in [2.45, 2.75) is 38.7 Å². The highest BCUT2D eigenvalue weighted by molar-refractivity contribution is 5.91. The molecule has 3 atom stereocenters. The molecule has 1 aromatic rings. The van der Waals surface area contributed by atoms with Crippen LogP contribution in [0.5, 0.6) is 0 Å². The molecule has 0 saturated heterocycles. The van der Waals surface area contributed by atoms with E-state index in [2.05, 4.69) is 6.92 Å². The van der Waals surface area contributed by atoms with Crippen molar-refractivity contribution in [1.29, 1.82) is 0 Å². The van der Waals surface area contributed by atoms with E-state index in [1.165, 1.54) is 0 Å². The first-order chi connectivity index (χ1) is 10.8. The molecule has 1 aromatic carbocycles.